The van der Waals surface area contributed by atoms with Crippen LogP contribution in [0, 0.1) is 5.92 Å². The molecule has 0 radical (unpaired) electrons. The summed E-state index contributed by atoms with van der Waals surface area (Å²) in [4.78, 5) is 30.0. The van der Waals surface area contributed by atoms with Crippen LogP contribution in [-0.2, 0) is 22.6 Å². The van der Waals surface area contributed by atoms with Crippen LogP contribution < -0.4 is 10.1 Å². The fraction of sp³-hybridized carbons (Fsp3) is 0.278. The van der Waals surface area contributed by atoms with Gasteiger partial charge in [0.25, 0.3) is 0 Å². The number of amides is 2. The van der Waals surface area contributed by atoms with Crippen molar-refractivity contribution in [1.82, 2.24) is 10.2 Å². The van der Waals surface area contributed by atoms with E-state index in [0.717, 1.165) is 22.3 Å². The minimum atomic E-state index is -0.679. The summed E-state index contributed by atoms with van der Waals surface area (Å²) in [5.41, 5.74) is 4.04. The van der Waals surface area contributed by atoms with E-state index in [-0.39, 0.29) is 24.2 Å². The van der Waals surface area contributed by atoms with Crippen LogP contribution in [0.5, 0.6) is 5.75 Å². The van der Waals surface area contributed by atoms with Crippen molar-refractivity contribution in [3.63, 3.8) is 0 Å². The van der Waals surface area contributed by atoms with Crippen molar-refractivity contribution in [3.05, 3.63) is 138 Å². The van der Waals surface area contributed by atoms with Crippen LogP contribution in [0.3, 0.4) is 0 Å². The van der Waals surface area contributed by atoms with Gasteiger partial charge in [-0.05, 0) is 40.3 Å². The Bertz CT molecular complexity index is 1330. The normalized spacial score (nSPS) is 11.7. The Kier molecular flexibility index (Phi) is 10.7. The number of nitrogens with zero attached hydrogens (tertiary/aromatic N) is 1. The van der Waals surface area contributed by atoms with Gasteiger partial charge in [0, 0.05) is 31.8 Å². The Morgan fingerprint density at radius 2 is 1.32 bits per heavy atom. The highest BCUT2D eigenvalue weighted by Crippen LogP contribution is 2.30. The molecule has 4 rings (SSSR count). The quantitative estimate of drug-likeness (QED) is 0.204. The maximum absolute atomic E-state index is 14.4. The van der Waals surface area contributed by atoms with Crippen molar-refractivity contribution in [1.29, 1.82) is 0 Å². The molecular formula is C36H40N2O3. The van der Waals surface area contributed by atoms with Gasteiger partial charge in [-0.2, -0.15) is 0 Å². The van der Waals surface area contributed by atoms with E-state index < -0.39 is 6.04 Å². The summed E-state index contributed by atoms with van der Waals surface area (Å²) in [6.07, 6.45) is 0.655. The standard InChI is InChI=1S/C36H40N2O3/c1-27(2)25-37-36(40)34(23-28-14-7-4-8-15-28)38(26-29-16-13-21-32(22-29)41-3)35(39)24-33(30-17-9-5-10-18-30)31-19-11-6-12-20-31/h4-22,27,33-34H,23-26H2,1-3H3,(H,37,40)/t34-/m1/s1. The zero-order valence-corrected chi connectivity index (χ0v) is 24.2. The lowest BCUT2D eigenvalue weighted by Crippen LogP contribution is -2.51. The maximum atomic E-state index is 14.4. The molecule has 0 aliphatic rings. The van der Waals surface area contributed by atoms with E-state index in [1.165, 1.54) is 0 Å². The monoisotopic (exact) mass is 548 g/mol. The van der Waals surface area contributed by atoms with Crippen molar-refractivity contribution in [2.45, 2.75) is 45.2 Å². The first-order valence-electron chi connectivity index (χ1n) is 14.3. The molecule has 0 aromatic heterocycles. The molecule has 0 spiro atoms. The second-order valence-corrected chi connectivity index (χ2v) is 10.8. The molecule has 0 aliphatic heterocycles. The van der Waals surface area contributed by atoms with E-state index in [1.54, 1.807) is 12.0 Å². The minimum Gasteiger partial charge on any atom is -0.497 e. The number of nitrogens with one attached hydrogen (secondary N) is 1. The predicted octanol–water partition coefficient (Wildman–Crippen LogP) is 6.63. The summed E-state index contributed by atoms with van der Waals surface area (Å²) >= 11 is 0. The summed E-state index contributed by atoms with van der Waals surface area (Å²) in [5, 5.41) is 3.11. The van der Waals surface area contributed by atoms with Gasteiger partial charge in [-0.1, -0.05) is 117 Å². The van der Waals surface area contributed by atoms with Crippen LogP contribution in [0.4, 0.5) is 0 Å². The lowest BCUT2D eigenvalue weighted by molar-refractivity contribution is -0.141. The number of ether oxygens (including phenoxy) is 1. The lowest BCUT2D eigenvalue weighted by atomic mass is 9.87. The van der Waals surface area contributed by atoms with Crippen molar-refractivity contribution in [2.24, 2.45) is 5.92 Å². The fourth-order valence-electron chi connectivity index (χ4n) is 5.03. The van der Waals surface area contributed by atoms with E-state index >= 15 is 0 Å². The largest absolute Gasteiger partial charge is 0.497 e. The van der Waals surface area contributed by atoms with Gasteiger partial charge in [0.1, 0.15) is 11.8 Å². The number of hydrogen-bond donors (Lipinski definition) is 1. The van der Waals surface area contributed by atoms with Gasteiger partial charge >= 0.3 is 0 Å². The highest BCUT2D eigenvalue weighted by molar-refractivity contribution is 5.88. The number of methoxy groups -OCH3 is 1. The predicted molar refractivity (Wildman–Crippen MR) is 165 cm³/mol. The molecule has 2 amide bonds. The molecule has 212 valence electrons. The Hall–Kier alpha value is -4.38. The summed E-state index contributed by atoms with van der Waals surface area (Å²) < 4.78 is 5.46. The Morgan fingerprint density at radius 3 is 1.88 bits per heavy atom. The second-order valence-electron chi connectivity index (χ2n) is 10.8. The minimum absolute atomic E-state index is 0.0776. The van der Waals surface area contributed by atoms with E-state index in [4.69, 9.17) is 4.74 Å². The molecule has 0 saturated carbocycles. The fourth-order valence-corrected chi connectivity index (χ4v) is 5.03. The van der Waals surface area contributed by atoms with E-state index in [0.29, 0.717) is 31.2 Å². The number of hydrogen-bond acceptors (Lipinski definition) is 3. The van der Waals surface area contributed by atoms with Crippen LogP contribution in [0.15, 0.2) is 115 Å². The zero-order valence-electron chi connectivity index (χ0n) is 24.2. The van der Waals surface area contributed by atoms with Gasteiger partial charge in [0.2, 0.25) is 11.8 Å². The highest BCUT2D eigenvalue weighted by atomic mass is 16.5. The first kappa shape index (κ1) is 29.6. The summed E-state index contributed by atoms with van der Waals surface area (Å²) in [5.74, 6) is 0.638. The molecule has 1 N–H and O–H groups in total. The third-order valence-corrected chi connectivity index (χ3v) is 7.23. The molecule has 5 nitrogen and oxygen atoms in total. The molecule has 0 unspecified atom stereocenters. The lowest BCUT2D eigenvalue weighted by Gasteiger charge is -2.33. The number of benzene rings is 4. The molecule has 0 heterocycles. The van der Waals surface area contributed by atoms with Crippen molar-refractivity contribution < 1.29 is 14.3 Å². The van der Waals surface area contributed by atoms with Crippen LogP contribution >= 0.6 is 0 Å². The van der Waals surface area contributed by atoms with Gasteiger partial charge in [0.15, 0.2) is 0 Å². The number of rotatable bonds is 13. The molecule has 4 aromatic rings. The van der Waals surface area contributed by atoms with Crippen molar-refractivity contribution in [2.75, 3.05) is 13.7 Å². The Balaban J connectivity index is 1.73. The molecule has 4 aromatic carbocycles. The first-order chi connectivity index (χ1) is 19.9. The highest BCUT2D eigenvalue weighted by Gasteiger charge is 2.32. The average molecular weight is 549 g/mol. The third kappa shape index (κ3) is 8.55. The van der Waals surface area contributed by atoms with Gasteiger partial charge < -0.3 is 15.0 Å². The molecule has 0 saturated heterocycles. The van der Waals surface area contributed by atoms with Gasteiger partial charge in [0.05, 0.1) is 7.11 Å². The molecule has 41 heavy (non-hydrogen) atoms. The molecule has 0 bridgehead atoms. The summed E-state index contributed by atoms with van der Waals surface area (Å²) in [6.45, 7) is 4.97. The number of carbonyl (C=O) groups is 2. The smallest absolute Gasteiger partial charge is 0.243 e. The molecular weight excluding hydrogens is 508 g/mol. The second kappa shape index (κ2) is 14.8. The van der Waals surface area contributed by atoms with Crippen molar-refractivity contribution in [3.8, 4) is 5.75 Å². The SMILES string of the molecule is COc1cccc(CN(C(=O)CC(c2ccccc2)c2ccccc2)[C@H](Cc2ccccc2)C(=O)NCC(C)C)c1. The molecule has 5 heteroatoms. The van der Waals surface area contributed by atoms with E-state index in [2.05, 4.69) is 43.4 Å². The average Bonchev–Trinajstić information content (AvgIpc) is 3.01. The number of carbonyl (C=O) groups excluding carboxylic acids is 2. The maximum Gasteiger partial charge on any atom is 0.243 e. The third-order valence-electron chi connectivity index (χ3n) is 7.23. The Labute approximate surface area is 244 Å². The van der Waals surface area contributed by atoms with Crippen LogP contribution in [0.25, 0.3) is 0 Å². The van der Waals surface area contributed by atoms with E-state index in [1.807, 2.05) is 91.0 Å². The van der Waals surface area contributed by atoms with Crippen LogP contribution in [-0.4, -0.2) is 36.4 Å². The first-order valence-corrected chi connectivity index (χ1v) is 14.3. The molecule has 0 aliphatic carbocycles. The van der Waals surface area contributed by atoms with E-state index in [9.17, 15) is 9.59 Å². The van der Waals surface area contributed by atoms with Gasteiger partial charge in [-0.25, -0.2) is 0 Å². The molecule has 0 fully saturated rings. The van der Waals surface area contributed by atoms with Crippen LogP contribution in [0.2, 0.25) is 0 Å². The van der Waals surface area contributed by atoms with Crippen LogP contribution in [0.1, 0.15) is 48.4 Å². The van der Waals surface area contributed by atoms with Gasteiger partial charge in [-0.15, -0.1) is 0 Å². The summed E-state index contributed by atoms with van der Waals surface area (Å²) in [6, 6.07) is 37.2. The topological polar surface area (TPSA) is 58.6 Å². The van der Waals surface area contributed by atoms with Crippen molar-refractivity contribution >= 4 is 11.8 Å². The summed E-state index contributed by atoms with van der Waals surface area (Å²) in [7, 11) is 1.63. The van der Waals surface area contributed by atoms with Gasteiger partial charge in [-0.3, -0.25) is 9.59 Å². The zero-order chi connectivity index (χ0) is 29.0. The molecule has 1 atom stereocenters. The Morgan fingerprint density at radius 1 is 0.756 bits per heavy atom.